The Labute approximate surface area is 74.0 Å². The van der Waals surface area contributed by atoms with Crippen LogP contribution in [0.3, 0.4) is 0 Å². The molecule has 1 aliphatic heterocycles. The minimum atomic E-state index is -2.90. The number of rotatable bonds is 3. The highest BCUT2D eigenvalue weighted by Crippen LogP contribution is 2.12. The van der Waals surface area contributed by atoms with Gasteiger partial charge in [0.2, 0.25) is 10.0 Å². The third kappa shape index (κ3) is 2.18. The zero-order valence-corrected chi connectivity index (χ0v) is 8.39. The van der Waals surface area contributed by atoms with Crippen LogP contribution in [0.25, 0.3) is 0 Å². The number of nitrogens with one attached hydrogen (secondary N) is 1. The molecule has 1 heterocycles. The van der Waals surface area contributed by atoms with E-state index in [-0.39, 0.29) is 6.04 Å². The lowest BCUT2D eigenvalue weighted by Gasteiger charge is -2.18. The molecule has 1 rings (SSSR count). The van der Waals surface area contributed by atoms with Gasteiger partial charge in [-0.05, 0) is 20.4 Å². The van der Waals surface area contributed by atoms with Crippen molar-refractivity contribution in [2.75, 3.05) is 25.9 Å². The largest absolute Gasteiger partial charge is 0.316 e. The van der Waals surface area contributed by atoms with E-state index >= 15 is 0 Å². The topological polar surface area (TPSA) is 49.4 Å². The van der Waals surface area contributed by atoms with Crippen LogP contribution in [0.2, 0.25) is 0 Å². The number of likely N-dealkylation sites (N-methyl/N-ethyl adjacent to an activating group) is 1. The van der Waals surface area contributed by atoms with Crippen LogP contribution in [0.1, 0.15) is 13.3 Å². The van der Waals surface area contributed by atoms with Gasteiger partial charge in [0.05, 0.1) is 5.75 Å². The Morgan fingerprint density at radius 1 is 1.58 bits per heavy atom. The van der Waals surface area contributed by atoms with Gasteiger partial charge in [-0.2, -0.15) is 0 Å². The molecule has 5 heteroatoms. The zero-order chi connectivity index (χ0) is 9.19. The summed E-state index contributed by atoms with van der Waals surface area (Å²) in [5.41, 5.74) is 0. The average Bonchev–Trinajstić information content (AvgIpc) is 2.31. The Morgan fingerprint density at radius 3 is 2.67 bits per heavy atom. The number of hydrogen-bond acceptors (Lipinski definition) is 3. The van der Waals surface area contributed by atoms with E-state index in [2.05, 4.69) is 5.32 Å². The Balaban J connectivity index is 2.53. The minimum Gasteiger partial charge on any atom is -0.316 e. The van der Waals surface area contributed by atoms with Crippen molar-refractivity contribution in [2.45, 2.75) is 19.4 Å². The molecule has 1 N–H and O–H groups in total. The molecule has 0 amide bonds. The second-order valence-corrected chi connectivity index (χ2v) is 5.31. The van der Waals surface area contributed by atoms with Gasteiger partial charge in [0.15, 0.2) is 0 Å². The molecule has 0 aromatic rings. The van der Waals surface area contributed by atoms with Crippen molar-refractivity contribution >= 4 is 10.0 Å². The summed E-state index contributed by atoms with van der Waals surface area (Å²) < 4.78 is 24.2. The summed E-state index contributed by atoms with van der Waals surface area (Å²) in [6.45, 7) is 3.26. The van der Waals surface area contributed by atoms with E-state index in [0.717, 1.165) is 6.42 Å². The third-order valence-corrected chi connectivity index (χ3v) is 4.10. The van der Waals surface area contributed by atoms with E-state index in [1.807, 2.05) is 14.0 Å². The minimum absolute atomic E-state index is 0.234. The van der Waals surface area contributed by atoms with Gasteiger partial charge in [-0.25, -0.2) is 12.7 Å². The molecule has 0 aromatic carbocycles. The molecule has 4 nitrogen and oxygen atoms in total. The zero-order valence-electron chi connectivity index (χ0n) is 7.58. The van der Waals surface area contributed by atoms with Crippen LogP contribution >= 0.6 is 0 Å². The molecule has 1 unspecified atom stereocenters. The highest BCUT2D eigenvalue weighted by Gasteiger charge is 2.28. The summed E-state index contributed by atoms with van der Waals surface area (Å²) in [5, 5.41) is 3.02. The quantitative estimate of drug-likeness (QED) is 0.664. The molecule has 12 heavy (non-hydrogen) atoms. The SMILES string of the molecule is CNC(C)CN1CCCS1(=O)=O. The van der Waals surface area contributed by atoms with Gasteiger partial charge in [-0.15, -0.1) is 0 Å². The first kappa shape index (κ1) is 9.95. The molecule has 0 aliphatic carbocycles. The normalized spacial score (nSPS) is 25.8. The van der Waals surface area contributed by atoms with Gasteiger partial charge < -0.3 is 5.32 Å². The fourth-order valence-electron chi connectivity index (χ4n) is 1.29. The van der Waals surface area contributed by atoms with Crippen LogP contribution in [0.4, 0.5) is 0 Å². The van der Waals surface area contributed by atoms with Gasteiger partial charge in [0.25, 0.3) is 0 Å². The van der Waals surface area contributed by atoms with E-state index in [0.29, 0.717) is 18.8 Å². The lowest BCUT2D eigenvalue weighted by Crippen LogP contribution is -2.38. The first-order valence-corrected chi connectivity index (χ1v) is 5.82. The Morgan fingerprint density at radius 2 is 2.25 bits per heavy atom. The molecule has 1 atom stereocenters. The van der Waals surface area contributed by atoms with Gasteiger partial charge in [0, 0.05) is 19.1 Å². The molecule has 0 spiro atoms. The molecule has 1 aliphatic rings. The smallest absolute Gasteiger partial charge is 0.214 e. The van der Waals surface area contributed by atoms with E-state index < -0.39 is 10.0 Å². The molecule has 0 bridgehead atoms. The maximum absolute atomic E-state index is 11.3. The monoisotopic (exact) mass is 192 g/mol. The molecule has 1 fully saturated rings. The van der Waals surface area contributed by atoms with Crippen LogP contribution in [-0.2, 0) is 10.0 Å². The highest BCUT2D eigenvalue weighted by atomic mass is 32.2. The molecule has 72 valence electrons. The van der Waals surface area contributed by atoms with Crippen molar-refractivity contribution in [2.24, 2.45) is 0 Å². The summed E-state index contributed by atoms with van der Waals surface area (Å²) in [7, 11) is -1.06. The van der Waals surface area contributed by atoms with E-state index in [1.165, 1.54) is 0 Å². The summed E-state index contributed by atoms with van der Waals surface area (Å²) >= 11 is 0. The molecular weight excluding hydrogens is 176 g/mol. The van der Waals surface area contributed by atoms with Gasteiger partial charge in [-0.1, -0.05) is 0 Å². The van der Waals surface area contributed by atoms with Crippen LogP contribution in [0.15, 0.2) is 0 Å². The summed E-state index contributed by atoms with van der Waals surface area (Å²) in [6, 6.07) is 0.234. The van der Waals surface area contributed by atoms with E-state index in [4.69, 9.17) is 0 Å². The lowest BCUT2D eigenvalue weighted by atomic mass is 10.3. The molecule has 0 aromatic heterocycles. The second kappa shape index (κ2) is 3.72. The average molecular weight is 192 g/mol. The van der Waals surface area contributed by atoms with Crippen molar-refractivity contribution in [3.8, 4) is 0 Å². The Hall–Kier alpha value is -0.130. The fraction of sp³-hybridized carbons (Fsp3) is 1.00. The number of nitrogens with zero attached hydrogens (tertiary/aromatic N) is 1. The third-order valence-electron chi connectivity index (χ3n) is 2.17. The fourth-order valence-corrected chi connectivity index (χ4v) is 2.90. The Bertz CT molecular complexity index is 238. The van der Waals surface area contributed by atoms with E-state index in [1.54, 1.807) is 4.31 Å². The lowest BCUT2D eigenvalue weighted by molar-refractivity contribution is 0.397. The molecule has 0 radical (unpaired) electrons. The Kier molecular flexibility index (Phi) is 3.09. The molecule has 1 saturated heterocycles. The summed E-state index contributed by atoms with van der Waals surface area (Å²) in [6.07, 6.45) is 0.777. The van der Waals surface area contributed by atoms with Crippen LogP contribution in [-0.4, -0.2) is 44.7 Å². The van der Waals surface area contributed by atoms with Crippen molar-refractivity contribution < 1.29 is 8.42 Å². The van der Waals surface area contributed by atoms with Gasteiger partial charge >= 0.3 is 0 Å². The molecule has 0 saturated carbocycles. The molecular formula is C7H16N2O2S. The predicted octanol–water partition coefficient (Wildman–Crippen LogP) is -0.370. The maximum Gasteiger partial charge on any atom is 0.214 e. The highest BCUT2D eigenvalue weighted by molar-refractivity contribution is 7.89. The van der Waals surface area contributed by atoms with Gasteiger partial charge in [0.1, 0.15) is 0 Å². The second-order valence-electron chi connectivity index (χ2n) is 3.22. The first-order valence-electron chi connectivity index (χ1n) is 4.21. The maximum atomic E-state index is 11.3. The van der Waals surface area contributed by atoms with Gasteiger partial charge in [-0.3, -0.25) is 0 Å². The van der Waals surface area contributed by atoms with Crippen LogP contribution < -0.4 is 5.32 Å². The van der Waals surface area contributed by atoms with Crippen molar-refractivity contribution in [3.05, 3.63) is 0 Å². The van der Waals surface area contributed by atoms with Crippen molar-refractivity contribution in [3.63, 3.8) is 0 Å². The predicted molar refractivity (Wildman–Crippen MR) is 48.5 cm³/mol. The standard InChI is InChI=1S/C7H16N2O2S/c1-7(8-2)6-9-4-3-5-12(9,10)11/h7-8H,3-6H2,1-2H3. The van der Waals surface area contributed by atoms with Crippen LogP contribution in [0.5, 0.6) is 0 Å². The van der Waals surface area contributed by atoms with Crippen molar-refractivity contribution in [1.29, 1.82) is 0 Å². The number of sulfonamides is 1. The van der Waals surface area contributed by atoms with Crippen molar-refractivity contribution in [1.82, 2.24) is 9.62 Å². The first-order chi connectivity index (χ1) is 5.56. The number of hydrogen-bond donors (Lipinski definition) is 1. The summed E-state index contributed by atoms with van der Waals surface area (Å²) in [4.78, 5) is 0. The summed E-state index contributed by atoms with van der Waals surface area (Å²) in [5.74, 6) is 0.323. The van der Waals surface area contributed by atoms with E-state index in [9.17, 15) is 8.42 Å². The van der Waals surface area contributed by atoms with Crippen LogP contribution in [0, 0.1) is 0 Å².